The fraction of sp³-hybridized carbons (Fsp3) is 0.208. The van der Waals surface area contributed by atoms with Gasteiger partial charge in [0.25, 0.3) is 0 Å². The summed E-state index contributed by atoms with van der Waals surface area (Å²) in [5, 5.41) is 0. The van der Waals surface area contributed by atoms with Crippen LogP contribution in [-0.2, 0) is 19.2 Å². The Morgan fingerprint density at radius 2 is 1.57 bits per heavy atom. The van der Waals surface area contributed by atoms with Gasteiger partial charge >= 0.3 is 6.18 Å². The van der Waals surface area contributed by atoms with E-state index in [1.165, 1.54) is 28.8 Å². The van der Waals surface area contributed by atoms with Gasteiger partial charge in [0.1, 0.15) is 12.4 Å². The summed E-state index contributed by atoms with van der Waals surface area (Å²) < 4.78 is 43.6. The van der Waals surface area contributed by atoms with Crippen molar-refractivity contribution in [1.82, 2.24) is 0 Å². The Labute approximate surface area is 162 Å². The fourth-order valence-corrected chi connectivity index (χ4v) is 3.58. The molecule has 0 heterocycles. The third-order valence-electron chi connectivity index (χ3n) is 5.18. The van der Waals surface area contributed by atoms with Crippen molar-refractivity contribution < 1.29 is 17.9 Å². The summed E-state index contributed by atoms with van der Waals surface area (Å²) in [7, 11) is 0. The van der Waals surface area contributed by atoms with Crippen molar-refractivity contribution in [3.8, 4) is 5.75 Å². The number of halogens is 3. The molecule has 1 aliphatic carbocycles. The first-order valence-electron chi connectivity index (χ1n) is 9.29. The predicted octanol–water partition coefficient (Wildman–Crippen LogP) is 6.57. The molecule has 0 aliphatic heterocycles. The zero-order chi connectivity index (χ0) is 19.6. The fourth-order valence-electron chi connectivity index (χ4n) is 3.58. The lowest BCUT2D eigenvalue weighted by atomic mass is 9.80. The maximum atomic E-state index is 12.6. The average Bonchev–Trinajstić information content (AvgIpc) is 2.72. The van der Waals surface area contributed by atoms with E-state index in [0.29, 0.717) is 17.2 Å². The molecule has 0 spiro atoms. The molecular formula is C24H20F3O. The first kappa shape index (κ1) is 18.6. The molecule has 0 N–H and O–H groups in total. The van der Waals surface area contributed by atoms with Crippen LogP contribution in [0.3, 0.4) is 0 Å². The number of fused-ring (bicyclic) bond motifs is 1. The van der Waals surface area contributed by atoms with Gasteiger partial charge in [-0.25, -0.2) is 0 Å². The van der Waals surface area contributed by atoms with Crippen LogP contribution in [0.4, 0.5) is 13.2 Å². The van der Waals surface area contributed by atoms with E-state index in [4.69, 9.17) is 4.74 Å². The van der Waals surface area contributed by atoms with Crippen molar-refractivity contribution in [1.29, 1.82) is 0 Å². The highest BCUT2D eigenvalue weighted by Gasteiger charge is 2.29. The first-order chi connectivity index (χ1) is 13.5. The summed E-state index contributed by atoms with van der Waals surface area (Å²) in [5.41, 5.74) is 4.03. The molecule has 4 rings (SSSR count). The van der Waals surface area contributed by atoms with Gasteiger partial charge in [0.2, 0.25) is 0 Å². The minimum atomic E-state index is -4.31. The maximum Gasteiger partial charge on any atom is 0.416 e. The van der Waals surface area contributed by atoms with Gasteiger partial charge < -0.3 is 4.74 Å². The van der Waals surface area contributed by atoms with Gasteiger partial charge in [-0.05, 0) is 71.7 Å². The maximum absolute atomic E-state index is 12.6. The lowest BCUT2D eigenvalue weighted by Gasteiger charge is -2.24. The van der Waals surface area contributed by atoms with E-state index in [9.17, 15) is 13.2 Å². The zero-order valence-corrected chi connectivity index (χ0v) is 15.2. The van der Waals surface area contributed by atoms with E-state index in [2.05, 4.69) is 42.8 Å². The smallest absolute Gasteiger partial charge is 0.416 e. The van der Waals surface area contributed by atoms with Crippen LogP contribution in [0.15, 0.2) is 72.8 Å². The molecule has 0 aromatic heterocycles. The van der Waals surface area contributed by atoms with Crippen LogP contribution in [0.1, 0.15) is 40.2 Å². The number of hydrogen-bond acceptors (Lipinski definition) is 1. The molecule has 143 valence electrons. The topological polar surface area (TPSA) is 9.23 Å². The molecule has 1 atom stereocenters. The lowest BCUT2D eigenvalue weighted by molar-refractivity contribution is -0.137. The Hall–Kier alpha value is -2.75. The minimum absolute atomic E-state index is 0.238. The Balaban J connectivity index is 1.36. The second-order valence-corrected chi connectivity index (χ2v) is 7.09. The largest absolute Gasteiger partial charge is 0.489 e. The Morgan fingerprint density at radius 3 is 2.29 bits per heavy atom. The third kappa shape index (κ3) is 4.22. The number of ether oxygens (including phenoxy) is 1. The summed E-state index contributed by atoms with van der Waals surface area (Å²) >= 11 is 0. The Kier molecular flexibility index (Phi) is 5.12. The Bertz CT molecular complexity index is 927. The summed E-state index contributed by atoms with van der Waals surface area (Å²) in [5.74, 6) is 1.17. The van der Waals surface area contributed by atoms with Crippen molar-refractivity contribution in [2.45, 2.75) is 31.5 Å². The van der Waals surface area contributed by atoms with Crippen LogP contribution in [0.25, 0.3) is 0 Å². The normalized spacial score (nSPS) is 16.5. The van der Waals surface area contributed by atoms with Crippen molar-refractivity contribution in [3.63, 3.8) is 0 Å². The van der Waals surface area contributed by atoms with Gasteiger partial charge in [0, 0.05) is 0 Å². The van der Waals surface area contributed by atoms with E-state index in [1.807, 2.05) is 12.1 Å². The van der Waals surface area contributed by atoms with Gasteiger partial charge in [-0.1, -0.05) is 48.5 Å². The van der Waals surface area contributed by atoms with Gasteiger partial charge in [0.05, 0.1) is 5.56 Å². The molecule has 0 saturated carbocycles. The van der Waals surface area contributed by atoms with Crippen molar-refractivity contribution in [2.75, 3.05) is 0 Å². The van der Waals surface area contributed by atoms with Crippen molar-refractivity contribution >= 4 is 0 Å². The average molecular weight is 381 g/mol. The van der Waals surface area contributed by atoms with E-state index >= 15 is 0 Å². The van der Waals surface area contributed by atoms with Crippen LogP contribution in [-0.4, -0.2) is 0 Å². The molecule has 1 unspecified atom stereocenters. The highest BCUT2D eigenvalue weighted by atomic mass is 19.4. The minimum Gasteiger partial charge on any atom is -0.489 e. The molecule has 3 aromatic rings. The van der Waals surface area contributed by atoms with Gasteiger partial charge in [-0.3, -0.25) is 0 Å². The monoisotopic (exact) mass is 381 g/mol. The SMILES string of the molecule is FC(F)(F)c1ccc(COc2ccc(C3C[CH]c4ccccc4C3)cc2)cc1. The number of benzene rings is 3. The van der Waals surface area contributed by atoms with E-state index < -0.39 is 11.7 Å². The van der Waals surface area contributed by atoms with Gasteiger partial charge in [-0.15, -0.1) is 0 Å². The summed E-state index contributed by atoms with van der Waals surface area (Å²) in [6.45, 7) is 0.238. The first-order valence-corrected chi connectivity index (χ1v) is 9.29. The second-order valence-electron chi connectivity index (χ2n) is 7.09. The number of hydrogen-bond donors (Lipinski definition) is 0. The van der Waals surface area contributed by atoms with Gasteiger partial charge in [-0.2, -0.15) is 13.2 Å². The van der Waals surface area contributed by atoms with Crippen molar-refractivity contribution in [2.24, 2.45) is 0 Å². The molecule has 4 heteroatoms. The molecule has 28 heavy (non-hydrogen) atoms. The number of alkyl halides is 3. The number of rotatable bonds is 4. The molecule has 1 aliphatic rings. The summed E-state index contributed by atoms with van der Waals surface area (Å²) in [4.78, 5) is 0. The second kappa shape index (κ2) is 7.70. The standard InChI is InChI=1S/C24H20F3O/c25-24(26,27)22-11-5-17(6-12-22)16-28-23-13-9-19(10-14-23)21-8-7-18-3-1-2-4-20(18)15-21/h1-7,9-14,21H,8,15-16H2. The lowest BCUT2D eigenvalue weighted by Crippen LogP contribution is -2.11. The molecule has 0 bridgehead atoms. The molecule has 3 aromatic carbocycles. The van der Waals surface area contributed by atoms with Crippen LogP contribution in [0, 0.1) is 6.42 Å². The summed E-state index contributed by atoms with van der Waals surface area (Å²) in [6.07, 6.45) is 0.0198. The van der Waals surface area contributed by atoms with E-state index in [0.717, 1.165) is 25.0 Å². The zero-order valence-electron chi connectivity index (χ0n) is 15.2. The highest BCUT2D eigenvalue weighted by molar-refractivity contribution is 5.40. The summed E-state index contributed by atoms with van der Waals surface area (Å²) in [6, 6.07) is 21.6. The highest BCUT2D eigenvalue weighted by Crippen LogP contribution is 2.34. The molecule has 1 nitrogen and oxygen atoms in total. The molecule has 0 amide bonds. The molecule has 1 radical (unpaired) electrons. The van der Waals surface area contributed by atoms with Gasteiger partial charge in [0.15, 0.2) is 0 Å². The molecule has 0 saturated heterocycles. The van der Waals surface area contributed by atoms with Crippen LogP contribution < -0.4 is 4.74 Å². The van der Waals surface area contributed by atoms with Crippen LogP contribution >= 0.6 is 0 Å². The van der Waals surface area contributed by atoms with Crippen LogP contribution in [0.5, 0.6) is 5.75 Å². The van der Waals surface area contributed by atoms with E-state index in [1.54, 1.807) is 0 Å². The van der Waals surface area contributed by atoms with Crippen LogP contribution in [0.2, 0.25) is 0 Å². The van der Waals surface area contributed by atoms with Crippen molar-refractivity contribution in [3.05, 3.63) is 107 Å². The van der Waals surface area contributed by atoms with E-state index in [-0.39, 0.29) is 6.61 Å². The quantitative estimate of drug-likeness (QED) is 0.497. The predicted molar refractivity (Wildman–Crippen MR) is 103 cm³/mol. The molecular weight excluding hydrogens is 361 g/mol. The third-order valence-corrected chi connectivity index (χ3v) is 5.18. The Morgan fingerprint density at radius 1 is 0.857 bits per heavy atom. The molecule has 0 fully saturated rings.